The Kier molecular flexibility index (Phi) is 6.07. The number of piperazine rings is 1. The number of anilines is 1. The number of hydrogen-bond donors (Lipinski definition) is 0. The summed E-state index contributed by atoms with van der Waals surface area (Å²) in [6, 6.07) is 13.9. The second kappa shape index (κ2) is 8.70. The zero-order valence-corrected chi connectivity index (χ0v) is 17.4. The Bertz CT molecular complexity index is 914. The summed E-state index contributed by atoms with van der Waals surface area (Å²) in [6.07, 6.45) is 3.59. The molecule has 0 saturated carbocycles. The van der Waals surface area contributed by atoms with E-state index in [1.165, 1.54) is 5.56 Å². The molecular weight excluding hydrogens is 417 g/mol. The lowest BCUT2D eigenvalue weighted by Gasteiger charge is -2.43. The van der Waals surface area contributed by atoms with Gasteiger partial charge < -0.3 is 4.90 Å². The van der Waals surface area contributed by atoms with E-state index in [4.69, 9.17) is 34.8 Å². The first-order valence-corrected chi connectivity index (χ1v) is 10.3. The first-order valence-electron chi connectivity index (χ1n) is 9.14. The topological polar surface area (TPSA) is 37.2 Å². The van der Waals surface area contributed by atoms with Crippen LogP contribution in [0.25, 0.3) is 0 Å². The van der Waals surface area contributed by atoms with Gasteiger partial charge in [-0.05, 0) is 35.9 Å². The van der Waals surface area contributed by atoms with E-state index in [1.807, 2.05) is 35.1 Å². The van der Waals surface area contributed by atoms with E-state index in [-0.39, 0.29) is 6.04 Å². The van der Waals surface area contributed by atoms with Crippen LogP contribution in [0.15, 0.2) is 54.9 Å². The van der Waals surface area contributed by atoms with Gasteiger partial charge >= 0.3 is 0 Å². The number of benzene rings is 2. The van der Waals surface area contributed by atoms with Crippen LogP contribution in [0, 0.1) is 0 Å². The molecule has 146 valence electrons. The highest BCUT2D eigenvalue weighted by Crippen LogP contribution is 2.36. The van der Waals surface area contributed by atoms with Gasteiger partial charge in [-0.2, -0.15) is 0 Å². The summed E-state index contributed by atoms with van der Waals surface area (Å²) in [6.45, 7) is 4.42. The van der Waals surface area contributed by atoms with E-state index in [2.05, 4.69) is 32.2 Å². The fourth-order valence-corrected chi connectivity index (χ4v) is 4.25. The van der Waals surface area contributed by atoms with Crippen LogP contribution in [0.5, 0.6) is 0 Å². The maximum atomic E-state index is 6.53. The van der Waals surface area contributed by atoms with Crippen LogP contribution in [-0.2, 0) is 6.54 Å². The van der Waals surface area contributed by atoms with E-state index < -0.39 is 0 Å². The van der Waals surface area contributed by atoms with Crippen molar-refractivity contribution in [1.82, 2.24) is 19.9 Å². The third-order valence-electron chi connectivity index (χ3n) is 5.06. The van der Waals surface area contributed by atoms with Crippen LogP contribution in [0.2, 0.25) is 15.1 Å². The zero-order valence-electron chi connectivity index (χ0n) is 15.2. The standard InChI is InChI=1S/C20H20Cl3N5/c21-16-3-1-15(2-4-16)20-14-26(9-11-27-8-7-24-25-27)10-12-28(20)19-6-5-17(22)13-18(19)23/h1-8,13,20H,9-12,14H2/t20-/m0/s1. The molecule has 1 aliphatic rings. The smallest absolute Gasteiger partial charge is 0.0692 e. The summed E-state index contributed by atoms with van der Waals surface area (Å²) >= 11 is 18.7. The number of nitrogens with zero attached hydrogens (tertiary/aromatic N) is 5. The molecule has 0 N–H and O–H groups in total. The van der Waals surface area contributed by atoms with Gasteiger partial charge in [-0.25, -0.2) is 0 Å². The summed E-state index contributed by atoms with van der Waals surface area (Å²) in [4.78, 5) is 4.80. The lowest BCUT2D eigenvalue weighted by atomic mass is 10.0. The van der Waals surface area contributed by atoms with Crippen molar-refractivity contribution in [2.24, 2.45) is 0 Å². The Hall–Kier alpha value is -1.79. The summed E-state index contributed by atoms with van der Waals surface area (Å²) in [5.74, 6) is 0. The quantitative estimate of drug-likeness (QED) is 0.575. The van der Waals surface area contributed by atoms with Gasteiger partial charge in [0.05, 0.1) is 29.5 Å². The molecule has 28 heavy (non-hydrogen) atoms. The van der Waals surface area contributed by atoms with E-state index in [1.54, 1.807) is 12.3 Å². The number of hydrogen-bond acceptors (Lipinski definition) is 4. The molecule has 1 saturated heterocycles. The van der Waals surface area contributed by atoms with Gasteiger partial charge in [0.1, 0.15) is 0 Å². The predicted molar refractivity (Wildman–Crippen MR) is 114 cm³/mol. The Balaban J connectivity index is 1.58. The van der Waals surface area contributed by atoms with Crippen molar-refractivity contribution in [3.05, 3.63) is 75.5 Å². The van der Waals surface area contributed by atoms with Crippen molar-refractivity contribution in [2.75, 3.05) is 31.1 Å². The van der Waals surface area contributed by atoms with Crippen LogP contribution in [-0.4, -0.2) is 46.1 Å². The molecule has 2 heterocycles. The SMILES string of the molecule is Clc1ccc([C@@H]2CN(CCn3ccnn3)CCN2c2ccc(Cl)cc2Cl)cc1. The molecule has 2 aromatic carbocycles. The lowest BCUT2D eigenvalue weighted by Crippen LogP contribution is -2.49. The lowest BCUT2D eigenvalue weighted by molar-refractivity contribution is 0.212. The Morgan fingerprint density at radius 2 is 1.71 bits per heavy atom. The monoisotopic (exact) mass is 435 g/mol. The minimum atomic E-state index is 0.167. The first kappa shape index (κ1) is 19.5. The van der Waals surface area contributed by atoms with Gasteiger partial charge in [-0.1, -0.05) is 52.1 Å². The van der Waals surface area contributed by atoms with Crippen LogP contribution in [0.3, 0.4) is 0 Å². The highest BCUT2D eigenvalue weighted by molar-refractivity contribution is 6.36. The van der Waals surface area contributed by atoms with E-state index in [0.29, 0.717) is 10.0 Å². The molecule has 0 radical (unpaired) electrons. The number of halogens is 3. The molecule has 3 aromatic rings. The Labute approximate surface area is 179 Å². The first-order chi connectivity index (χ1) is 13.6. The third kappa shape index (κ3) is 4.44. The van der Waals surface area contributed by atoms with E-state index >= 15 is 0 Å². The average molecular weight is 437 g/mol. The highest BCUT2D eigenvalue weighted by atomic mass is 35.5. The van der Waals surface area contributed by atoms with E-state index in [9.17, 15) is 0 Å². The fraction of sp³-hybridized carbons (Fsp3) is 0.300. The number of rotatable bonds is 5. The van der Waals surface area contributed by atoms with Crippen molar-refractivity contribution in [1.29, 1.82) is 0 Å². The van der Waals surface area contributed by atoms with Crippen LogP contribution in [0.4, 0.5) is 5.69 Å². The van der Waals surface area contributed by atoms with Crippen LogP contribution >= 0.6 is 34.8 Å². The normalized spacial score (nSPS) is 17.8. The van der Waals surface area contributed by atoms with Crippen molar-refractivity contribution >= 4 is 40.5 Å². The molecule has 1 aromatic heterocycles. The van der Waals surface area contributed by atoms with Crippen molar-refractivity contribution in [3.63, 3.8) is 0 Å². The van der Waals surface area contributed by atoms with Gasteiger partial charge in [0.25, 0.3) is 0 Å². The molecule has 0 amide bonds. The van der Waals surface area contributed by atoms with Crippen molar-refractivity contribution in [3.8, 4) is 0 Å². The fourth-order valence-electron chi connectivity index (χ4n) is 3.61. The minimum absolute atomic E-state index is 0.167. The van der Waals surface area contributed by atoms with Gasteiger partial charge in [0, 0.05) is 42.4 Å². The maximum Gasteiger partial charge on any atom is 0.0692 e. The minimum Gasteiger partial charge on any atom is -0.361 e. The second-order valence-electron chi connectivity index (χ2n) is 6.82. The molecule has 1 atom stereocenters. The molecule has 5 nitrogen and oxygen atoms in total. The second-order valence-corrected chi connectivity index (χ2v) is 8.10. The molecule has 0 unspecified atom stereocenters. The summed E-state index contributed by atoms with van der Waals surface area (Å²) in [7, 11) is 0. The van der Waals surface area contributed by atoms with E-state index in [0.717, 1.165) is 43.4 Å². The summed E-state index contributed by atoms with van der Waals surface area (Å²) < 4.78 is 1.86. The summed E-state index contributed by atoms with van der Waals surface area (Å²) in [5, 5.41) is 9.97. The van der Waals surface area contributed by atoms with Crippen molar-refractivity contribution < 1.29 is 0 Å². The van der Waals surface area contributed by atoms with Crippen LogP contribution in [0.1, 0.15) is 11.6 Å². The van der Waals surface area contributed by atoms with Gasteiger partial charge in [-0.3, -0.25) is 9.58 Å². The molecule has 0 aliphatic carbocycles. The van der Waals surface area contributed by atoms with Crippen LogP contribution < -0.4 is 4.90 Å². The number of aromatic nitrogens is 3. The largest absolute Gasteiger partial charge is 0.361 e. The summed E-state index contributed by atoms with van der Waals surface area (Å²) in [5.41, 5.74) is 2.21. The zero-order chi connectivity index (χ0) is 19.5. The van der Waals surface area contributed by atoms with Gasteiger partial charge in [0.15, 0.2) is 0 Å². The molecule has 1 fully saturated rings. The highest BCUT2D eigenvalue weighted by Gasteiger charge is 2.29. The molecular formula is C20H20Cl3N5. The van der Waals surface area contributed by atoms with Gasteiger partial charge in [0.2, 0.25) is 0 Å². The van der Waals surface area contributed by atoms with Gasteiger partial charge in [-0.15, -0.1) is 5.10 Å². The maximum absolute atomic E-state index is 6.53. The third-order valence-corrected chi connectivity index (χ3v) is 5.85. The predicted octanol–water partition coefficient (Wildman–Crippen LogP) is 4.80. The molecule has 1 aliphatic heterocycles. The Morgan fingerprint density at radius 1 is 0.929 bits per heavy atom. The van der Waals surface area contributed by atoms with Crippen molar-refractivity contribution in [2.45, 2.75) is 12.6 Å². The average Bonchev–Trinajstić information content (AvgIpc) is 3.21. The molecule has 0 spiro atoms. The molecule has 8 heteroatoms. The molecule has 4 rings (SSSR count). The molecule has 0 bridgehead atoms. The Morgan fingerprint density at radius 3 is 2.43 bits per heavy atom.